The first-order valence-electron chi connectivity index (χ1n) is 16.1. The van der Waals surface area contributed by atoms with Gasteiger partial charge >= 0.3 is 0 Å². The highest BCUT2D eigenvalue weighted by molar-refractivity contribution is 6.43. The fraction of sp³-hybridized carbons (Fsp3) is 0.0667. The van der Waals surface area contributed by atoms with Gasteiger partial charge in [-0.05, 0) is 81.8 Å². The molecule has 1 aromatic heterocycles. The SMILES string of the molecule is [B]c1cccc2c(-c3cccc4c3oc3cccc(/C(C=C)=C/C=C(C)/C(C)=C/C=C\C)c34)c3ccccc3c(-c3ccccc3)c12. The Balaban J connectivity index is 1.52. The predicted molar refractivity (Wildman–Crippen MR) is 205 cm³/mol. The molecule has 0 saturated carbocycles. The van der Waals surface area contributed by atoms with E-state index in [0.29, 0.717) is 0 Å². The Morgan fingerprint density at radius 3 is 2.06 bits per heavy atom. The maximum Gasteiger partial charge on any atom is 0.143 e. The Kier molecular flexibility index (Phi) is 8.10. The highest BCUT2D eigenvalue weighted by Gasteiger charge is 2.21. The average molecular weight is 603 g/mol. The van der Waals surface area contributed by atoms with Crippen LogP contribution in [-0.2, 0) is 0 Å². The summed E-state index contributed by atoms with van der Waals surface area (Å²) < 4.78 is 6.80. The van der Waals surface area contributed by atoms with Crippen molar-refractivity contribution < 1.29 is 4.42 Å². The molecule has 0 bridgehead atoms. The number of hydrogen-bond acceptors (Lipinski definition) is 1. The third kappa shape index (κ3) is 5.26. The third-order valence-corrected chi connectivity index (χ3v) is 9.14. The van der Waals surface area contributed by atoms with Crippen LogP contribution in [0, 0.1) is 0 Å². The van der Waals surface area contributed by atoms with Crippen molar-refractivity contribution in [2.75, 3.05) is 0 Å². The van der Waals surface area contributed by atoms with E-state index in [4.69, 9.17) is 12.3 Å². The van der Waals surface area contributed by atoms with Crippen molar-refractivity contribution in [2.45, 2.75) is 20.8 Å². The molecule has 7 rings (SSSR count). The number of furan rings is 1. The highest BCUT2D eigenvalue weighted by atomic mass is 16.3. The number of benzene rings is 6. The summed E-state index contributed by atoms with van der Waals surface area (Å²) in [6.45, 7) is 10.5. The van der Waals surface area contributed by atoms with Crippen LogP contribution < -0.4 is 5.46 Å². The molecule has 0 amide bonds. The monoisotopic (exact) mass is 602 g/mol. The summed E-state index contributed by atoms with van der Waals surface area (Å²) in [4.78, 5) is 0. The van der Waals surface area contributed by atoms with Crippen molar-refractivity contribution in [3.8, 4) is 22.3 Å². The van der Waals surface area contributed by atoms with Crippen molar-refractivity contribution >= 4 is 62.4 Å². The van der Waals surface area contributed by atoms with Gasteiger partial charge in [0.2, 0.25) is 0 Å². The molecular weight excluding hydrogens is 567 g/mol. The largest absolute Gasteiger partial charge is 0.455 e. The van der Waals surface area contributed by atoms with Gasteiger partial charge in [0.05, 0.1) is 0 Å². The standard InChI is InChI=1S/C45H35BO/c1-5-7-16-29(3)30(4)27-28-31(6-2)33-21-15-26-40-43(33)38-24-13-23-37(45(38)47-40)42-35-20-12-11-19-34(35)41(32-17-9-8-10-18-32)44-36(42)22-14-25-39(44)46/h5-28H,2H2,1,3-4H3/b7-5-,29-16+,30-27+,31-28+. The summed E-state index contributed by atoms with van der Waals surface area (Å²) in [5, 5.41) is 6.62. The van der Waals surface area contributed by atoms with E-state index >= 15 is 0 Å². The minimum absolute atomic E-state index is 0.757. The van der Waals surface area contributed by atoms with Crippen LogP contribution in [0.25, 0.3) is 71.3 Å². The average Bonchev–Trinajstić information content (AvgIpc) is 3.50. The van der Waals surface area contributed by atoms with Crippen LogP contribution in [0.1, 0.15) is 26.3 Å². The van der Waals surface area contributed by atoms with Crippen molar-refractivity contribution in [3.63, 3.8) is 0 Å². The zero-order valence-electron chi connectivity index (χ0n) is 27.0. The van der Waals surface area contributed by atoms with Crippen LogP contribution in [0.4, 0.5) is 0 Å². The normalized spacial score (nSPS) is 13.0. The van der Waals surface area contributed by atoms with Gasteiger partial charge in [-0.2, -0.15) is 0 Å². The van der Waals surface area contributed by atoms with E-state index in [-0.39, 0.29) is 0 Å². The van der Waals surface area contributed by atoms with Gasteiger partial charge in [0.15, 0.2) is 0 Å². The maximum atomic E-state index is 6.82. The van der Waals surface area contributed by atoms with Gasteiger partial charge < -0.3 is 4.42 Å². The van der Waals surface area contributed by atoms with Gasteiger partial charge in [-0.1, -0.05) is 152 Å². The molecule has 0 aliphatic heterocycles. The molecule has 1 nitrogen and oxygen atoms in total. The topological polar surface area (TPSA) is 13.1 Å². The third-order valence-electron chi connectivity index (χ3n) is 9.14. The van der Waals surface area contributed by atoms with Crippen molar-refractivity contribution in [1.82, 2.24) is 0 Å². The van der Waals surface area contributed by atoms with E-state index in [1.807, 2.05) is 31.2 Å². The fourth-order valence-corrected chi connectivity index (χ4v) is 6.72. The molecule has 0 spiro atoms. The summed E-state index contributed by atoms with van der Waals surface area (Å²) in [5.41, 5.74) is 11.5. The van der Waals surface area contributed by atoms with Crippen LogP contribution in [-0.4, -0.2) is 7.85 Å². The van der Waals surface area contributed by atoms with Gasteiger partial charge in [-0.3, -0.25) is 0 Å². The van der Waals surface area contributed by atoms with E-state index in [9.17, 15) is 0 Å². The number of rotatable bonds is 7. The zero-order chi connectivity index (χ0) is 32.5. The Morgan fingerprint density at radius 1 is 0.638 bits per heavy atom. The van der Waals surface area contributed by atoms with Crippen LogP contribution in [0.3, 0.4) is 0 Å². The predicted octanol–water partition coefficient (Wildman–Crippen LogP) is 12.1. The van der Waals surface area contributed by atoms with Crippen LogP contribution >= 0.6 is 0 Å². The second-order valence-corrected chi connectivity index (χ2v) is 11.9. The molecule has 0 fully saturated rings. The van der Waals surface area contributed by atoms with Crippen molar-refractivity contribution in [3.05, 3.63) is 169 Å². The maximum absolute atomic E-state index is 6.82. The Hall–Kier alpha value is -5.60. The number of para-hydroxylation sites is 1. The van der Waals surface area contributed by atoms with Crippen molar-refractivity contribution in [2.24, 2.45) is 0 Å². The molecular formula is C45H35BO. The molecule has 1 heterocycles. The van der Waals surface area contributed by atoms with Crippen LogP contribution in [0.5, 0.6) is 0 Å². The van der Waals surface area contributed by atoms with E-state index in [0.717, 1.165) is 82.3 Å². The first-order valence-corrected chi connectivity index (χ1v) is 16.1. The molecule has 2 radical (unpaired) electrons. The Labute approximate surface area is 278 Å². The Bertz CT molecular complexity index is 2450. The first kappa shape index (κ1) is 30.1. The van der Waals surface area contributed by atoms with Gasteiger partial charge in [-0.15, -0.1) is 0 Å². The number of fused-ring (bicyclic) bond motifs is 5. The smallest absolute Gasteiger partial charge is 0.143 e. The molecule has 224 valence electrons. The summed E-state index contributed by atoms with van der Waals surface area (Å²) in [7, 11) is 6.82. The summed E-state index contributed by atoms with van der Waals surface area (Å²) in [6, 6.07) is 38.2. The lowest BCUT2D eigenvalue weighted by Gasteiger charge is -2.19. The first-order chi connectivity index (χ1) is 23.0. The van der Waals surface area contributed by atoms with E-state index in [2.05, 4.69) is 142 Å². The van der Waals surface area contributed by atoms with Gasteiger partial charge in [0.1, 0.15) is 19.0 Å². The molecule has 0 atom stereocenters. The quantitative estimate of drug-likeness (QED) is 0.101. The van der Waals surface area contributed by atoms with E-state index in [1.165, 1.54) is 11.1 Å². The van der Waals surface area contributed by atoms with Crippen LogP contribution in [0.15, 0.2) is 168 Å². The Morgan fingerprint density at radius 2 is 1.30 bits per heavy atom. The highest BCUT2D eigenvalue weighted by Crippen LogP contribution is 2.46. The van der Waals surface area contributed by atoms with E-state index < -0.39 is 0 Å². The molecule has 0 aliphatic rings. The minimum Gasteiger partial charge on any atom is -0.455 e. The summed E-state index contributed by atoms with van der Waals surface area (Å²) in [6.07, 6.45) is 12.5. The van der Waals surface area contributed by atoms with Gasteiger partial charge in [0, 0.05) is 21.9 Å². The molecule has 0 unspecified atom stereocenters. The lowest BCUT2D eigenvalue weighted by Crippen LogP contribution is -2.06. The molecule has 6 aromatic carbocycles. The lowest BCUT2D eigenvalue weighted by atomic mass is 9.80. The molecule has 0 saturated heterocycles. The molecule has 2 heteroatoms. The number of allylic oxidation sites excluding steroid dienone is 9. The summed E-state index contributed by atoms with van der Waals surface area (Å²) in [5.74, 6) is 0. The molecule has 0 aliphatic carbocycles. The molecule has 7 aromatic rings. The second kappa shape index (κ2) is 12.7. The zero-order valence-corrected chi connectivity index (χ0v) is 27.0. The molecule has 0 N–H and O–H groups in total. The van der Waals surface area contributed by atoms with Crippen LogP contribution in [0.2, 0.25) is 0 Å². The lowest BCUT2D eigenvalue weighted by molar-refractivity contribution is 0.670. The number of hydrogen-bond donors (Lipinski definition) is 0. The second-order valence-electron chi connectivity index (χ2n) is 11.9. The fourth-order valence-electron chi connectivity index (χ4n) is 6.72. The molecule has 47 heavy (non-hydrogen) atoms. The summed E-state index contributed by atoms with van der Waals surface area (Å²) >= 11 is 0. The van der Waals surface area contributed by atoms with Crippen molar-refractivity contribution in [1.29, 1.82) is 0 Å². The minimum atomic E-state index is 0.757. The van der Waals surface area contributed by atoms with E-state index in [1.54, 1.807) is 0 Å². The van der Waals surface area contributed by atoms with Gasteiger partial charge in [0.25, 0.3) is 0 Å². The van der Waals surface area contributed by atoms with Gasteiger partial charge in [-0.25, -0.2) is 0 Å².